The van der Waals surface area contributed by atoms with Crippen LogP contribution in [0.15, 0.2) is 47.5 Å². The topological polar surface area (TPSA) is 53.6 Å². The summed E-state index contributed by atoms with van der Waals surface area (Å²) in [6.45, 7) is 1.50. The van der Waals surface area contributed by atoms with Crippen LogP contribution in [0.4, 0.5) is 5.69 Å². The van der Waals surface area contributed by atoms with Crippen molar-refractivity contribution in [2.24, 2.45) is 10.7 Å². The van der Waals surface area contributed by atoms with Crippen LogP contribution in [0.5, 0.6) is 0 Å². The van der Waals surface area contributed by atoms with Crippen LogP contribution in [0.2, 0.25) is 0 Å². The summed E-state index contributed by atoms with van der Waals surface area (Å²) in [7, 11) is 4.15. The molecule has 3 rings (SSSR count). The highest BCUT2D eigenvalue weighted by molar-refractivity contribution is 14.0. The minimum absolute atomic E-state index is 0. The number of benzene rings is 2. The number of nitrogens with one attached hydrogen (secondary N) is 1. The first kappa shape index (κ1) is 19.7. The van der Waals surface area contributed by atoms with E-state index in [0.717, 1.165) is 12.2 Å². The van der Waals surface area contributed by atoms with Gasteiger partial charge in [-0.3, -0.25) is 0 Å². The fourth-order valence-corrected chi connectivity index (χ4v) is 3.21. The number of hydrogen-bond donors (Lipinski definition) is 2. The molecular formula is C20H27IN4. The number of nitrogens with zero attached hydrogens (tertiary/aromatic N) is 2. The first-order valence-electron chi connectivity index (χ1n) is 8.52. The van der Waals surface area contributed by atoms with Crippen molar-refractivity contribution in [3.63, 3.8) is 0 Å². The van der Waals surface area contributed by atoms with Crippen molar-refractivity contribution in [1.82, 2.24) is 4.90 Å². The Morgan fingerprint density at radius 3 is 2.56 bits per heavy atom. The third-order valence-corrected chi connectivity index (χ3v) is 4.40. The molecule has 4 nitrogen and oxygen atoms in total. The normalized spacial score (nSPS) is 13.5. The lowest BCUT2D eigenvalue weighted by molar-refractivity contribution is 0.401. The molecule has 3 N–H and O–H groups in total. The lowest BCUT2D eigenvalue weighted by atomic mass is 10.1. The van der Waals surface area contributed by atoms with Crippen LogP contribution in [0, 0.1) is 0 Å². The lowest BCUT2D eigenvalue weighted by Gasteiger charge is -2.13. The number of halogens is 1. The van der Waals surface area contributed by atoms with Gasteiger partial charge in [0.1, 0.15) is 0 Å². The second kappa shape index (κ2) is 9.20. The van der Waals surface area contributed by atoms with Gasteiger partial charge in [0.05, 0.1) is 6.54 Å². The number of nitrogens with two attached hydrogens (primary N) is 1. The maximum atomic E-state index is 6.08. The van der Waals surface area contributed by atoms with Gasteiger partial charge in [0, 0.05) is 12.2 Å². The summed E-state index contributed by atoms with van der Waals surface area (Å²) in [5.74, 6) is 0.465. The standard InChI is InChI=1S/C20H26N4.HI/c1-24(2)14-18-7-4-3-6-17(18)13-22-20(21)23-19-11-10-15-8-5-9-16(15)12-19;/h3-4,6-7,10-12H,5,8-9,13-14H2,1-2H3,(H3,21,22,23);1H. The summed E-state index contributed by atoms with van der Waals surface area (Å²) in [5.41, 5.74) is 12.5. The minimum Gasteiger partial charge on any atom is -0.370 e. The number of aliphatic imine (C=N–C) groups is 1. The lowest BCUT2D eigenvalue weighted by Crippen LogP contribution is -2.22. The van der Waals surface area contributed by atoms with Crippen molar-refractivity contribution in [2.45, 2.75) is 32.4 Å². The summed E-state index contributed by atoms with van der Waals surface area (Å²) in [5, 5.41) is 3.22. The monoisotopic (exact) mass is 450 g/mol. The summed E-state index contributed by atoms with van der Waals surface area (Å²) in [6, 6.07) is 14.9. The van der Waals surface area contributed by atoms with Crippen molar-refractivity contribution in [1.29, 1.82) is 0 Å². The molecule has 2 aromatic rings. The Bertz CT molecular complexity index is 740. The molecule has 1 aliphatic carbocycles. The van der Waals surface area contributed by atoms with Gasteiger partial charge >= 0.3 is 0 Å². The van der Waals surface area contributed by atoms with Gasteiger partial charge in [0.15, 0.2) is 5.96 Å². The van der Waals surface area contributed by atoms with Crippen molar-refractivity contribution in [2.75, 3.05) is 19.4 Å². The van der Waals surface area contributed by atoms with E-state index in [1.807, 2.05) is 6.07 Å². The number of aryl methyl sites for hydroxylation is 2. The summed E-state index contributed by atoms with van der Waals surface area (Å²) >= 11 is 0. The van der Waals surface area contributed by atoms with Gasteiger partial charge in [0.2, 0.25) is 0 Å². The SMILES string of the molecule is CN(C)Cc1ccccc1CN=C(N)Nc1ccc2c(c1)CCC2.I. The number of anilines is 1. The molecule has 0 fully saturated rings. The number of hydrogen-bond acceptors (Lipinski definition) is 2. The molecule has 1 aliphatic rings. The van der Waals surface area contributed by atoms with Crippen LogP contribution < -0.4 is 11.1 Å². The van der Waals surface area contributed by atoms with E-state index in [2.05, 4.69) is 65.7 Å². The van der Waals surface area contributed by atoms with Gasteiger partial charge in [-0.15, -0.1) is 24.0 Å². The van der Waals surface area contributed by atoms with Crippen molar-refractivity contribution in [3.8, 4) is 0 Å². The third kappa shape index (κ3) is 5.44. The predicted molar refractivity (Wildman–Crippen MR) is 117 cm³/mol. The maximum absolute atomic E-state index is 6.08. The Hall–Kier alpha value is -1.60. The van der Waals surface area contributed by atoms with E-state index in [9.17, 15) is 0 Å². The van der Waals surface area contributed by atoms with Gasteiger partial charge in [0.25, 0.3) is 0 Å². The molecule has 2 aromatic carbocycles. The van der Waals surface area contributed by atoms with E-state index in [0.29, 0.717) is 12.5 Å². The molecule has 25 heavy (non-hydrogen) atoms. The average molecular weight is 450 g/mol. The molecular weight excluding hydrogens is 423 g/mol. The summed E-state index contributed by atoms with van der Waals surface area (Å²) < 4.78 is 0. The molecule has 5 heteroatoms. The fourth-order valence-electron chi connectivity index (χ4n) is 3.21. The Kier molecular flexibility index (Phi) is 7.25. The predicted octanol–water partition coefficient (Wildman–Crippen LogP) is 3.78. The largest absolute Gasteiger partial charge is 0.370 e. The Morgan fingerprint density at radius 2 is 1.80 bits per heavy atom. The van der Waals surface area contributed by atoms with E-state index >= 15 is 0 Å². The minimum atomic E-state index is 0. The van der Waals surface area contributed by atoms with E-state index in [1.54, 1.807) is 0 Å². The van der Waals surface area contributed by atoms with Gasteiger partial charge < -0.3 is 16.0 Å². The van der Waals surface area contributed by atoms with Gasteiger partial charge in [-0.1, -0.05) is 30.3 Å². The Morgan fingerprint density at radius 1 is 1.08 bits per heavy atom. The average Bonchev–Trinajstić information content (AvgIpc) is 3.01. The molecule has 0 aliphatic heterocycles. The van der Waals surface area contributed by atoms with Gasteiger partial charge in [-0.05, 0) is 67.7 Å². The summed E-state index contributed by atoms with van der Waals surface area (Å²) in [4.78, 5) is 6.68. The Labute approximate surface area is 167 Å². The van der Waals surface area contributed by atoms with Gasteiger partial charge in [-0.2, -0.15) is 0 Å². The van der Waals surface area contributed by atoms with Crippen molar-refractivity contribution < 1.29 is 0 Å². The molecule has 0 aromatic heterocycles. The molecule has 134 valence electrons. The smallest absolute Gasteiger partial charge is 0.193 e. The first-order chi connectivity index (χ1) is 11.6. The molecule has 0 unspecified atom stereocenters. The van der Waals surface area contributed by atoms with Crippen LogP contribution in [-0.2, 0) is 25.9 Å². The van der Waals surface area contributed by atoms with E-state index in [-0.39, 0.29) is 24.0 Å². The molecule has 0 atom stereocenters. The zero-order valence-corrected chi connectivity index (χ0v) is 17.3. The van der Waals surface area contributed by atoms with Crippen LogP contribution in [-0.4, -0.2) is 25.0 Å². The molecule has 0 spiro atoms. The second-order valence-electron chi connectivity index (χ2n) is 6.67. The fraction of sp³-hybridized carbons (Fsp3) is 0.350. The van der Waals surface area contributed by atoms with Crippen molar-refractivity contribution >= 4 is 35.6 Å². The highest BCUT2D eigenvalue weighted by Gasteiger charge is 2.11. The Balaban J connectivity index is 0.00000225. The zero-order chi connectivity index (χ0) is 16.9. The zero-order valence-electron chi connectivity index (χ0n) is 15.0. The third-order valence-electron chi connectivity index (χ3n) is 4.40. The molecule has 0 saturated carbocycles. The van der Waals surface area contributed by atoms with Crippen LogP contribution >= 0.6 is 24.0 Å². The quantitative estimate of drug-likeness (QED) is 0.414. The van der Waals surface area contributed by atoms with Crippen LogP contribution in [0.25, 0.3) is 0 Å². The van der Waals surface area contributed by atoms with E-state index in [4.69, 9.17) is 5.73 Å². The van der Waals surface area contributed by atoms with Crippen LogP contribution in [0.3, 0.4) is 0 Å². The van der Waals surface area contributed by atoms with Crippen molar-refractivity contribution in [3.05, 3.63) is 64.7 Å². The van der Waals surface area contributed by atoms with E-state index in [1.165, 1.54) is 41.5 Å². The second-order valence-corrected chi connectivity index (χ2v) is 6.67. The summed E-state index contributed by atoms with van der Waals surface area (Å²) in [6.07, 6.45) is 3.62. The maximum Gasteiger partial charge on any atom is 0.193 e. The number of fused-ring (bicyclic) bond motifs is 1. The molecule has 0 saturated heterocycles. The molecule has 0 amide bonds. The first-order valence-corrected chi connectivity index (χ1v) is 8.52. The molecule has 0 heterocycles. The molecule has 0 bridgehead atoms. The van der Waals surface area contributed by atoms with E-state index < -0.39 is 0 Å². The van der Waals surface area contributed by atoms with Gasteiger partial charge in [-0.25, -0.2) is 4.99 Å². The number of rotatable bonds is 5. The highest BCUT2D eigenvalue weighted by atomic mass is 127. The highest BCUT2D eigenvalue weighted by Crippen LogP contribution is 2.24. The van der Waals surface area contributed by atoms with Crippen LogP contribution in [0.1, 0.15) is 28.7 Å². The molecule has 0 radical (unpaired) electrons. The number of guanidine groups is 1.